The molecule has 0 radical (unpaired) electrons. The van der Waals surface area contributed by atoms with Gasteiger partial charge in [-0.1, -0.05) is 37.3 Å². The Morgan fingerprint density at radius 1 is 1.16 bits per heavy atom. The molecule has 0 aromatic heterocycles. The Morgan fingerprint density at radius 3 is 2.80 bits per heavy atom. The number of fused-ring (bicyclic) bond motifs is 1. The number of benzene rings is 2. The van der Waals surface area contributed by atoms with Gasteiger partial charge in [-0.3, -0.25) is 4.99 Å². The van der Waals surface area contributed by atoms with Crippen LogP contribution in [0.15, 0.2) is 47.5 Å². The van der Waals surface area contributed by atoms with Crippen LogP contribution in [-0.4, -0.2) is 19.6 Å². The van der Waals surface area contributed by atoms with Gasteiger partial charge in [0.1, 0.15) is 5.75 Å². The van der Waals surface area contributed by atoms with E-state index in [-0.39, 0.29) is 5.92 Å². The molecular weight excluding hydrogens is 310 g/mol. The SMILES string of the molecule is COc1ccccc1C(C)CN=C(N)Nc1cccc2c1CCCC2. The second-order valence-corrected chi connectivity index (χ2v) is 6.64. The Labute approximate surface area is 150 Å². The van der Waals surface area contributed by atoms with Crippen molar-refractivity contribution < 1.29 is 4.74 Å². The molecular formula is C21H27N3O. The van der Waals surface area contributed by atoms with Crippen molar-refractivity contribution >= 4 is 11.6 Å². The van der Waals surface area contributed by atoms with Crippen LogP contribution in [0.3, 0.4) is 0 Å². The highest BCUT2D eigenvalue weighted by molar-refractivity contribution is 5.93. The molecule has 0 amide bonds. The second-order valence-electron chi connectivity index (χ2n) is 6.64. The molecule has 0 fully saturated rings. The van der Waals surface area contributed by atoms with E-state index in [9.17, 15) is 0 Å². The molecule has 0 heterocycles. The van der Waals surface area contributed by atoms with Crippen LogP contribution in [-0.2, 0) is 12.8 Å². The highest BCUT2D eigenvalue weighted by Crippen LogP contribution is 2.28. The highest BCUT2D eigenvalue weighted by Gasteiger charge is 2.14. The number of rotatable bonds is 5. The summed E-state index contributed by atoms with van der Waals surface area (Å²) in [5.41, 5.74) is 11.2. The second kappa shape index (κ2) is 8.06. The van der Waals surface area contributed by atoms with E-state index in [0.29, 0.717) is 12.5 Å². The molecule has 3 rings (SSSR count). The summed E-state index contributed by atoms with van der Waals surface area (Å²) in [6, 6.07) is 14.5. The van der Waals surface area contributed by atoms with E-state index in [1.165, 1.54) is 24.0 Å². The third-order valence-corrected chi connectivity index (χ3v) is 4.86. The summed E-state index contributed by atoms with van der Waals surface area (Å²) in [4.78, 5) is 4.55. The van der Waals surface area contributed by atoms with Crippen LogP contribution >= 0.6 is 0 Å². The quantitative estimate of drug-likeness (QED) is 0.638. The summed E-state index contributed by atoms with van der Waals surface area (Å²) in [5.74, 6) is 1.61. The van der Waals surface area contributed by atoms with E-state index in [2.05, 4.69) is 41.5 Å². The summed E-state index contributed by atoms with van der Waals surface area (Å²) in [6.07, 6.45) is 4.79. The van der Waals surface area contributed by atoms with E-state index < -0.39 is 0 Å². The Hall–Kier alpha value is -2.49. The van der Waals surface area contributed by atoms with Gasteiger partial charge in [-0.2, -0.15) is 0 Å². The zero-order chi connectivity index (χ0) is 17.6. The first kappa shape index (κ1) is 17.3. The molecule has 1 atom stereocenters. The van der Waals surface area contributed by atoms with Gasteiger partial charge in [-0.05, 0) is 54.5 Å². The predicted octanol–water partition coefficient (Wildman–Crippen LogP) is 4.10. The van der Waals surface area contributed by atoms with Crippen LogP contribution in [0.5, 0.6) is 5.75 Å². The molecule has 0 aliphatic heterocycles. The third-order valence-electron chi connectivity index (χ3n) is 4.86. The minimum absolute atomic E-state index is 0.237. The Kier molecular flexibility index (Phi) is 5.59. The van der Waals surface area contributed by atoms with Crippen LogP contribution < -0.4 is 15.8 Å². The number of guanidine groups is 1. The van der Waals surface area contributed by atoms with Gasteiger partial charge in [0.05, 0.1) is 7.11 Å². The molecule has 1 aliphatic rings. The van der Waals surface area contributed by atoms with E-state index in [1.54, 1.807) is 7.11 Å². The van der Waals surface area contributed by atoms with Crippen molar-refractivity contribution in [2.75, 3.05) is 19.0 Å². The van der Waals surface area contributed by atoms with Gasteiger partial charge < -0.3 is 15.8 Å². The van der Waals surface area contributed by atoms with Gasteiger partial charge in [0.15, 0.2) is 5.96 Å². The number of methoxy groups -OCH3 is 1. The third kappa shape index (κ3) is 4.13. The van der Waals surface area contributed by atoms with Gasteiger partial charge in [-0.25, -0.2) is 0 Å². The molecule has 2 aromatic carbocycles. The van der Waals surface area contributed by atoms with Crippen LogP contribution in [0.4, 0.5) is 5.69 Å². The molecule has 4 heteroatoms. The molecule has 4 nitrogen and oxygen atoms in total. The summed E-state index contributed by atoms with van der Waals surface area (Å²) >= 11 is 0. The van der Waals surface area contributed by atoms with Crippen molar-refractivity contribution in [2.24, 2.45) is 10.7 Å². The number of anilines is 1. The fraction of sp³-hybridized carbons (Fsp3) is 0.381. The average molecular weight is 337 g/mol. The standard InChI is InChI=1S/C21H27N3O/c1-15(17-10-5-6-13-20(17)25-2)14-23-21(22)24-19-12-7-9-16-8-3-4-11-18(16)19/h5-7,9-10,12-13,15H,3-4,8,11,14H2,1-2H3,(H3,22,23,24). The van der Waals surface area contributed by atoms with Crippen LogP contribution in [0.2, 0.25) is 0 Å². The van der Waals surface area contributed by atoms with Gasteiger partial charge >= 0.3 is 0 Å². The first-order valence-electron chi connectivity index (χ1n) is 8.99. The minimum atomic E-state index is 0.237. The van der Waals surface area contributed by atoms with Crippen molar-refractivity contribution in [3.63, 3.8) is 0 Å². The molecule has 1 unspecified atom stereocenters. The summed E-state index contributed by atoms with van der Waals surface area (Å²) in [5, 5.41) is 3.30. The summed E-state index contributed by atoms with van der Waals surface area (Å²) < 4.78 is 5.44. The Morgan fingerprint density at radius 2 is 1.96 bits per heavy atom. The van der Waals surface area contributed by atoms with E-state index in [0.717, 1.165) is 29.8 Å². The molecule has 0 bridgehead atoms. The maximum Gasteiger partial charge on any atom is 0.193 e. The lowest BCUT2D eigenvalue weighted by Gasteiger charge is -2.20. The van der Waals surface area contributed by atoms with Crippen molar-refractivity contribution in [3.8, 4) is 5.75 Å². The fourth-order valence-corrected chi connectivity index (χ4v) is 3.48. The largest absolute Gasteiger partial charge is 0.496 e. The fourth-order valence-electron chi connectivity index (χ4n) is 3.48. The number of aliphatic imine (C=N–C) groups is 1. The summed E-state index contributed by atoms with van der Waals surface area (Å²) in [6.45, 7) is 2.76. The van der Waals surface area contributed by atoms with E-state index >= 15 is 0 Å². The zero-order valence-electron chi connectivity index (χ0n) is 15.1. The van der Waals surface area contributed by atoms with Gasteiger partial charge in [0.2, 0.25) is 0 Å². The van der Waals surface area contributed by atoms with E-state index in [1.807, 2.05) is 18.2 Å². The normalized spacial score (nSPS) is 15.4. The van der Waals surface area contributed by atoms with Crippen LogP contribution in [0, 0.1) is 0 Å². The van der Waals surface area contributed by atoms with Gasteiger partial charge in [0.25, 0.3) is 0 Å². The maximum absolute atomic E-state index is 6.14. The van der Waals surface area contributed by atoms with Gasteiger partial charge in [-0.15, -0.1) is 0 Å². The molecule has 0 saturated carbocycles. The number of nitrogens with one attached hydrogen (secondary N) is 1. The molecule has 132 valence electrons. The van der Waals surface area contributed by atoms with Crippen LogP contribution in [0.1, 0.15) is 42.4 Å². The monoisotopic (exact) mass is 337 g/mol. The number of hydrogen-bond donors (Lipinski definition) is 2. The number of hydrogen-bond acceptors (Lipinski definition) is 2. The lowest BCUT2D eigenvalue weighted by atomic mass is 9.90. The maximum atomic E-state index is 6.14. The Balaban J connectivity index is 1.68. The van der Waals surface area contributed by atoms with Crippen LogP contribution in [0.25, 0.3) is 0 Å². The molecule has 2 aromatic rings. The smallest absolute Gasteiger partial charge is 0.193 e. The first-order chi connectivity index (χ1) is 12.2. The number of nitrogens with zero attached hydrogens (tertiary/aromatic N) is 1. The van der Waals surface area contributed by atoms with Crippen molar-refractivity contribution in [2.45, 2.75) is 38.5 Å². The molecule has 3 N–H and O–H groups in total. The van der Waals surface area contributed by atoms with Crippen molar-refractivity contribution in [1.82, 2.24) is 0 Å². The number of aryl methyl sites for hydroxylation is 1. The topological polar surface area (TPSA) is 59.6 Å². The molecule has 0 spiro atoms. The van der Waals surface area contributed by atoms with Crippen molar-refractivity contribution in [3.05, 3.63) is 59.2 Å². The number of para-hydroxylation sites is 1. The molecule has 25 heavy (non-hydrogen) atoms. The van der Waals surface area contributed by atoms with E-state index in [4.69, 9.17) is 10.5 Å². The predicted molar refractivity (Wildman–Crippen MR) is 105 cm³/mol. The Bertz CT molecular complexity index is 755. The summed E-state index contributed by atoms with van der Waals surface area (Å²) in [7, 11) is 1.70. The van der Waals surface area contributed by atoms with Crippen molar-refractivity contribution in [1.29, 1.82) is 0 Å². The first-order valence-corrected chi connectivity index (χ1v) is 8.99. The molecule has 1 aliphatic carbocycles. The lowest BCUT2D eigenvalue weighted by molar-refractivity contribution is 0.407. The minimum Gasteiger partial charge on any atom is -0.496 e. The highest BCUT2D eigenvalue weighted by atomic mass is 16.5. The lowest BCUT2D eigenvalue weighted by Crippen LogP contribution is -2.24. The number of ether oxygens (including phenoxy) is 1. The molecule has 0 saturated heterocycles. The van der Waals surface area contributed by atoms with Gasteiger partial charge in [0, 0.05) is 18.2 Å². The number of nitrogens with two attached hydrogens (primary N) is 1. The zero-order valence-corrected chi connectivity index (χ0v) is 15.1. The average Bonchev–Trinajstić information content (AvgIpc) is 2.66.